The number of carbonyl (C=O) groups is 2. The molecule has 1 N–H and O–H groups in total. The number of benzene rings is 1. The summed E-state index contributed by atoms with van der Waals surface area (Å²) in [7, 11) is 0. The van der Waals surface area contributed by atoms with E-state index in [0.29, 0.717) is 5.71 Å². The highest BCUT2D eigenvalue weighted by molar-refractivity contribution is 5.96. The number of oxime groups is 1. The van der Waals surface area contributed by atoms with Crippen LogP contribution in [0.3, 0.4) is 0 Å². The Morgan fingerprint density at radius 3 is 2.46 bits per heavy atom. The van der Waals surface area contributed by atoms with Crippen molar-refractivity contribution in [2.45, 2.75) is 51.7 Å². The first-order valence-electron chi connectivity index (χ1n) is 8.86. The molecule has 0 radical (unpaired) electrons. The number of nitrogens with zero attached hydrogens (tertiary/aromatic N) is 1. The van der Waals surface area contributed by atoms with E-state index in [4.69, 9.17) is 14.3 Å². The molecular formula is C19H24F2N2O5. The Balaban J connectivity index is 2.09. The van der Waals surface area contributed by atoms with Gasteiger partial charge in [0.05, 0.1) is 18.9 Å². The Morgan fingerprint density at radius 1 is 1.25 bits per heavy atom. The second kappa shape index (κ2) is 8.53. The minimum absolute atomic E-state index is 0.000235. The maximum absolute atomic E-state index is 13.5. The number of rotatable bonds is 6. The maximum Gasteiger partial charge on any atom is 0.407 e. The molecule has 7 nitrogen and oxygen atoms in total. The van der Waals surface area contributed by atoms with Crippen molar-refractivity contribution in [2.75, 3.05) is 13.2 Å². The number of nitrogens with one attached hydrogen (secondary N) is 1. The Kier molecular flexibility index (Phi) is 6.58. The number of halogens is 2. The van der Waals surface area contributed by atoms with Gasteiger partial charge in [-0.1, -0.05) is 5.16 Å². The van der Waals surface area contributed by atoms with E-state index in [-0.39, 0.29) is 31.6 Å². The largest absolute Gasteiger partial charge is 0.463 e. The third-order valence-corrected chi connectivity index (χ3v) is 3.73. The summed E-state index contributed by atoms with van der Waals surface area (Å²) in [5.74, 6) is -2.23. The quantitative estimate of drug-likeness (QED) is 0.744. The monoisotopic (exact) mass is 398 g/mol. The Hall–Kier alpha value is -2.71. The molecule has 0 saturated carbocycles. The van der Waals surface area contributed by atoms with Gasteiger partial charge in [-0.05, 0) is 45.4 Å². The standard InChI is InChI=1S/C19H24F2N2O5/c1-5-26-16(24)19(9-12-6-13(20)8-14(21)7-12)10-15(23-28-19)11-22-17(25)27-18(2,3)4/h6-8H,5,9-11H2,1-4H3,(H,22,25). The fourth-order valence-electron chi connectivity index (χ4n) is 2.71. The van der Waals surface area contributed by atoms with E-state index in [1.54, 1.807) is 27.7 Å². The van der Waals surface area contributed by atoms with E-state index in [1.165, 1.54) is 0 Å². The molecule has 28 heavy (non-hydrogen) atoms. The van der Waals surface area contributed by atoms with Crippen LogP contribution in [0.25, 0.3) is 0 Å². The van der Waals surface area contributed by atoms with Crippen LogP contribution in [0.4, 0.5) is 13.6 Å². The first-order valence-corrected chi connectivity index (χ1v) is 8.86. The molecule has 1 aromatic carbocycles. The van der Waals surface area contributed by atoms with Crippen molar-refractivity contribution in [1.82, 2.24) is 5.32 Å². The molecule has 1 unspecified atom stereocenters. The van der Waals surface area contributed by atoms with Gasteiger partial charge in [-0.15, -0.1) is 0 Å². The molecule has 2 rings (SSSR count). The fraction of sp³-hybridized carbons (Fsp3) is 0.526. The number of hydrogen-bond donors (Lipinski definition) is 1. The van der Waals surface area contributed by atoms with E-state index in [0.717, 1.165) is 18.2 Å². The number of esters is 1. The summed E-state index contributed by atoms with van der Waals surface area (Å²) in [6.45, 7) is 6.92. The van der Waals surface area contributed by atoms with Gasteiger partial charge in [-0.25, -0.2) is 18.4 Å². The topological polar surface area (TPSA) is 86.2 Å². The van der Waals surface area contributed by atoms with Crippen molar-refractivity contribution in [3.63, 3.8) is 0 Å². The summed E-state index contributed by atoms with van der Waals surface area (Å²) in [6, 6.07) is 2.97. The predicted molar refractivity (Wildman–Crippen MR) is 96.8 cm³/mol. The molecule has 1 aliphatic rings. The van der Waals surface area contributed by atoms with Crippen molar-refractivity contribution in [1.29, 1.82) is 0 Å². The fourth-order valence-corrected chi connectivity index (χ4v) is 2.71. The lowest BCUT2D eigenvalue weighted by Gasteiger charge is -2.24. The van der Waals surface area contributed by atoms with Crippen LogP contribution >= 0.6 is 0 Å². The second-order valence-corrected chi connectivity index (χ2v) is 7.45. The van der Waals surface area contributed by atoms with Crippen LogP contribution in [0.5, 0.6) is 0 Å². The lowest BCUT2D eigenvalue weighted by atomic mass is 9.89. The highest BCUT2D eigenvalue weighted by atomic mass is 19.1. The molecule has 0 fully saturated rings. The zero-order valence-corrected chi connectivity index (χ0v) is 16.3. The molecule has 1 amide bonds. The summed E-state index contributed by atoms with van der Waals surface area (Å²) in [4.78, 5) is 29.6. The third-order valence-electron chi connectivity index (χ3n) is 3.73. The number of carbonyl (C=O) groups excluding carboxylic acids is 2. The average Bonchev–Trinajstić information content (AvgIpc) is 2.95. The maximum atomic E-state index is 13.5. The third kappa shape index (κ3) is 5.90. The van der Waals surface area contributed by atoms with E-state index < -0.39 is 34.9 Å². The number of hydrogen-bond acceptors (Lipinski definition) is 6. The lowest BCUT2D eigenvalue weighted by Crippen LogP contribution is -2.44. The van der Waals surface area contributed by atoms with Crippen LogP contribution in [0, 0.1) is 11.6 Å². The Bertz CT molecular complexity index is 756. The molecule has 1 heterocycles. The van der Waals surface area contributed by atoms with Gasteiger partial charge in [0.15, 0.2) is 0 Å². The van der Waals surface area contributed by atoms with Crippen molar-refractivity contribution in [3.8, 4) is 0 Å². The minimum atomic E-state index is -1.55. The molecule has 1 atom stereocenters. The van der Waals surface area contributed by atoms with Gasteiger partial charge in [0.1, 0.15) is 17.2 Å². The van der Waals surface area contributed by atoms with Gasteiger partial charge in [0.2, 0.25) is 5.60 Å². The van der Waals surface area contributed by atoms with E-state index in [2.05, 4.69) is 10.5 Å². The number of ether oxygens (including phenoxy) is 2. The summed E-state index contributed by atoms with van der Waals surface area (Å²) < 4.78 is 37.2. The Morgan fingerprint density at radius 2 is 1.89 bits per heavy atom. The van der Waals surface area contributed by atoms with Gasteiger partial charge in [-0.2, -0.15) is 0 Å². The molecule has 1 aliphatic heterocycles. The van der Waals surface area contributed by atoms with E-state index in [1.807, 2.05) is 0 Å². The predicted octanol–water partition coefficient (Wildman–Crippen LogP) is 3.11. The zero-order valence-electron chi connectivity index (χ0n) is 16.3. The van der Waals surface area contributed by atoms with Gasteiger partial charge in [-0.3, -0.25) is 0 Å². The summed E-state index contributed by atoms with van der Waals surface area (Å²) in [6.07, 6.45) is -0.782. The van der Waals surface area contributed by atoms with E-state index >= 15 is 0 Å². The molecule has 0 saturated heterocycles. The summed E-state index contributed by atoms with van der Waals surface area (Å²) in [5.41, 5.74) is -1.62. The molecular weight excluding hydrogens is 374 g/mol. The SMILES string of the molecule is CCOC(=O)C1(Cc2cc(F)cc(F)c2)CC(CNC(=O)OC(C)(C)C)=NO1. The minimum Gasteiger partial charge on any atom is -0.463 e. The summed E-state index contributed by atoms with van der Waals surface area (Å²) in [5, 5.41) is 6.39. The lowest BCUT2D eigenvalue weighted by molar-refractivity contribution is -0.169. The van der Waals surface area contributed by atoms with Gasteiger partial charge in [0, 0.05) is 18.9 Å². The van der Waals surface area contributed by atoms with E-state index in [9.17, 15) is 18.4 Å². The molecule has 0 bridgehead atoms. The van der Waals surface area contributed by atoms with Crippen molar-refractivity contribution < 1.29 is 32.7 Å². The Labute approximate surface area is 162 Å². The van der Waals surface area contributed by atoms with Crippen molar-refractivity contribution in [3.05, 3.63) is 35.4 Å². The molecule has 9 heteroatoms. The van der Waals surface area contributed by atoms with Crippen LogP contribution in [0.15, 0.2) is 23.4 Å². The molecule has 1 aromatic rings. The average molecular weight is 398 g/mol. The van der Waals surface area contributed by atoms with Crippen LogP contribution in [0.1, 0.15) is 39.7 Å². The first kappa shape index (κ1) is 21.6. The highest BCUT2D eigenvalue weighted by Crippen LogP contribution is 2.30. The van der Waals surface area contributed by atoms with Crippen LogP contribution in [-0.4, -0.2) is 42.1 Å². The van der Waals surface area contributed by atoms with Crippen LogP contribution in [-0.2, 0) is 25.5 Å². The molecule has 154 valence electrons. The van der Waals surface area contributed by atoms with Crippen LogP contribution < -0.4 is 5.32 Å². The van der Waals surface area contributed by atoms with Gasteiger partial charge in [0.25, 0.3) is 0 Å². The normalized spacial score (nSPS) is 18.9. The van der Waals surface area contributed by atoms with Gasteiger partial charge < -0.3 is 19.6 Å². The zero-order chi connectivity index (χ0) is 20.9. The van der Waals surface area contributed by atoms with Crippen molar-refractivity contribution in [2.24, 2.45) is 5.16 Å². The van der Waals surface area contributed by atoms with Gasteiger partial charge >= 0.3 is 12.1 Å². The van der Waals surface area contributed by atoms with Crippen LogP contribution in [0.2, 0.25) is 0 Å². The first-order chi connectivity index (χ1) is 13.0. The highest BCUT2D eigenvalue weighted by Gasteiger charge is 2.48. The number of alkyl carbamates (subject to hydrolysis) is 1. The molecule has 0 aromatic heterocycles. The molecule has 0 aliphatic carbocycles. The second-order valence-electron chi connectivity index (χ2n) is 7.45. The molecule has 0 spiro atoms. The smallest absolute Gasteiger partial charge is 0.407 e. The number of amides is 1. The summed E-state index contributed by atoms with van der Waals surface area (Å²) >= 11 is 0. The van der Waals surface area contributed by atoms with Crippen molar-refractivity contribution >= 4 is 17.8 Å².